The van der Waals surface area contributed by atoms with E-state index in [0.717, 1.165) is 0 Å². The van der Waals surface area contributed by atoms with Gasteiger partial charge in [0.2, 0.25) is 0 Å². The number of hydrogen-bond donors (Lipinski definition) is 0. The molecule has 0 bridgehead atoms. The minimum atomic E-state index is -0.870. The van der Waals surface area contributed by atoms with Crippen LogP contribution in [-0.4, -0.2) is 14.1 Å². The summed E-state index contributed by atoms with van der Waals surface area (Å²) >= 11 is 7.81. The zero-order valence-electron chi connectivity index (χ0n) is 7.00. The quantitative estimate of drug-likeness (QED) is 0.531. The summed E-state index contributed by atoms with van der Waals surface area (Å²) in [5, 5.41) is 0. The van der Waals surface area contributed by atoms with Crippen LogP contribution in [0.15, 0.2) is 0 Å². The first kappa shape index (κ1) is 10.5. The van der Waals surface area contributed by atoms with Gasteiger partial charge in [0, 0.05) is 0 Å². The van der Waals surface area contributed by atoms with Crippen molar-refractivity contribution < 1.29 is 0 Å². The van der Waals surface area contributed by atoms with E-state index in [4.69, 9.17) is 0 Å². The molecule has 1 aliphatic rings. The minimum absolute atomic E-state index is 0.0640. The molecule has 0 atom stereocenters. The van der Waals surface area contributed by atoms with Gasteiger partial charge in [0.15, 0.2) is 0 Å². The average molecular weight is 315 g/mol. The van der Waals surface area contributed by atoms with Crippen molar-refractivity contribution in [3.8, 4) is 0 Å². The van der Waals surface area contributed by atoms with Crippen LogP contribution in [0.1, 0.15) is 13.3 Å². The van der Waals surface area contributed by atoms with Crippen molar-refractivity contribution in [1.29, 1.82) is 0 Å². The van der Waals surface area contributed by atoms with Gasteiger partial charge in [-0.1, -0.05) is 25.4 Å². The van der Waals surface area contributed by atoms with Crippen LogP contribution in [-0.2, 0) is 0 Å². The van der Waals surface area contributed by atoms with Crippen LogP contribution in [0, 0.1) is 0 Å². The Morgan fingerprint density at radius 1 is 1.36 bits per heavy atom. The summed E-state index contributed by atoms with van der Waals surface area (Å²) in [6, 6.07) is 7.56. The summed E-state index contributed by atoms with van der Waals surface area (Å²) in [7, 11) is -0.0640. The van der Waals surface area contributed by atoms with Crippen LogP contribution in [0.4, 0.5) is 0 Å². The molecule has 4 heteroatoms. The lowest BCUT2D eigenvalue weighted by Crippen LogP contribution is -2.32. The Morgan fingerprint density at radius 3 is 2.36 bits per heavy atom. The smallest absolute Gasteiger partial charge is 0.129 e. The van der Waals surface area contributed by atoms with Gasteiger partial charge < -0.3 is 0 Å². The Labute approximate surface area is 87.9 Å². The van der Waals surface area contributed by atoms with Crippen LogP contribution in [0.2, 0.25) is 30.2 Å². The molecule has 1 aliphatic heterocycles. The predicted octanol–water partition coefficient (Wildman–Crippen LogP) is 4.14. The Bertz CT molecular complexity index is 122. The first-order chi connectivity index (χ1) is 5.16. The Balaban J connectivity index is 2.35. The van der Waals surface area contributed by atoms with Gasteiger partial charge in [0.05, 0.1) is 0 Å². The molecule has 1 heterocycles. The van der Waals surface area contributed by atoms with Gasteiger partial charge in [0.1, 0.15) is 14.1 Å². The maximum absolute atomic E-state index is 4.02. The molecule has 0 aliphatic carbocycles. The highest BCUT2D eigenvalue weighted by Crippen LogP contribution is 2.39. The van der Waals surface area contributed by atoms with Gasteiger partial charge in [-0.2, -0.15) is 0 Å². The van der Waals surface area contributed by atoms with Crippen molar-refractivity contribution in [2.45, 2.75) is 43.6 Å². The summed E-state index contributed by atoms with van der Waals surface area (Å²) < 4.78 is 0. The number of rotatable bonds is 2. The fraction of sp³-hybridized carbons (Fsp3) is 1.00. The Kier molecular flexibility index (Phi) is 4.36. The molecule has 0 unspecified atom stereocenters. The molecule has 0 N–H and O–H groups in total. The summed E-state index contributed by atoms with van der Waals surface area (Å²) in [6.07, 6.45) is 1.38. The van der Waals surface area contributed by atoms with E-state index in [-0.39, 0.29) is 7.42 Å². The molecule has 1 fully saturated rings. The van der Waals surface area contributed by atoms with Gasteiger partial charge in [0.25, 0.3) is 0 Å². The maximum Gasteiger partial charge on any atom is 0.134 e. The molecule has 11 heavy (non-hydrogen) atoms. The molecule has 0 spiro atoms. The van der Waals surface area contributed by atoms with Crippen LogP contribution in [0.5, 0.6) is 0 Å². The van der Waals surface area contributed by atoms with Crippen LogP contribution < -0.4 is 0 Å². The van der Waals surface area contributed by atoms with Crippen molar-refractivity contribution in [3.63, 3.8) is 0 Å². The van der Waals surface area contributed by atoms with Crippen LogP contribution >= 0.6 is 30.6 Å². The normalized spacial score (nSPS) is 25.4. The van der Waals surface area contributed by atoms with E-state index < -0.39 is 6.69 Å². The van der Waals surface area contributed by atoms with E-state index in [0.29, 0.717) is 0 Å². The first-order valence-corrected chi connectivity index (χ1v) is 13.4. The second-order valence-electron chi connectivity index (χ2n) is 3.42. The lowest BCUT2D eigenvalue weighted by molar-refractivity contribution is 1.02. The Morgan fingerprint density at radius 2 is 1.91 bits per heavy atom. The van der Waals surface area contributed by atoms with E-state index >= 15 is 0 Å². The van der Waals surface area contributed by atoms with Crippen LogP contribution in [0.3, 0.4) is 0 Å². The minimum Gasteiger partial charge on any atom is -0.129 e. The summed E-state index contributed by atoms with van der Waals surface area (Å²) in [5.74, 6) is 0. The summed E-state index contributed by atoms with van der Waals surface area (Å²) in [4.78, 5) is 0. The van der Waals surface area contributed by atoms with E-state index in [1.165, 1.54) is 36.6 Å². The lowest BCUT2D eigenvalue weighted by Gasteiger charge is -2.30. The van der Waals surface area contributed by atoms with E-state index in [1.54, 1.807) is 0 Å². The standard InChI is InChI=1S/C7H15Br2Si2/c1-2-5-11(9)6-3-10(8)4-7-11/h2-7H2,1H3. The fourth-order valence-corrected chi connectivity index (χ4v) is 17.6. The first-order valence-electron chi connectivity index (χ1n) is 4.35. The second kappa shape index (κ2) is 4.58. The van der Waals surface area contributed by atoms with Crippen molar-refractivity contribution in [1.82, 2.24) is 0 Å². The zero-order chi connectivity index (χ0) is 8.32. The van der Waals surface area contributed by atoms with Gasteiger partial charge in [-0.05, 0) is 18.1 Å². The average Bonchev–Trinajstić information content (AvgIpc) is 1.97. The third-order valence-electron chi connectivity index (χ3n) is 2.39. The highest BCUT2D eigenvalue weighted by molar-refractivity contribution is 9.26. The maximum atomic E-state index is 4.02. The Hall–Kier alpha value is 1.39. The lowest BCUT2D eigenvalue weighted by atomic mass is 10.6. The molecular formula is C7H15Br2Si2. The van der Waals surface area contributed by atoms with Crippen molar-refractivity contribution >= 4 is 44.7 Å². The van der Waals surface area contributed by atoms with Crippen LogP contribution in [0.25, 0.3) is 0 Å². The second-order valence-corrected chi connectivity index (χ2v) is 17.7. The van der Waals surface area contributed by atoms with E-state index in [1.807, 2.05) is 0 Å². The van der Waals surface area contributed by atoms with Crippen molar-refractivity contribution in [2.75, 3.05) is 0 Å². The molecule has 1 radical (unpaired) electrons. The highest BCUT2D eigenvalue weighted by atomic mass is 79.9. The largest absolute Gasteiger partial charge is 0.134 e. The van der Waals surface area contributed by atoms with E-state index in [9.17, 15) is 0 Å². The molecule has 1 rings (SSSR count). The van der Waals surface area contributed by atoms with Gasteiger partial charge >= 0.3 is 0 Å². The predicted molar refractivity (Wildman–Crippen MR) is 63.7 cm³/mol. The van der Waals surface area contributed by atoms with Crippen molar-refractivity contribution in [2.24, 2.45) is 0 Å². The molecule has 1 saturated heterocycles. The number of hydrogen-bond acceptors (Lipinski definition) is 0. The molecular weight excluding hydrogens is 300 g/mol. The molecule has 0 nitrogen and oxygen atoms in total. The highest BCUT2D eigenvalue weighted by Gasteiger charge is 2.34. The molecule has 65 valence electrons. The molecule has 0 saturated carbocycles. The molecule has 0 aromatic carbocycles. The van der Waals surface area contributed by atoms with E-state index in [2.05, 4.69) is 37.5 Å². The fourth-order valence-electron chi connectivity index (χ4n) is 1.67. The van der Waals surface area contributed by atoms with Gasteiger partial charge in [-0.25, -0.2) is 0 Å². The van der Waals surface area contributed by atoms with Gasteiger partial charge in [-0.15, -0.1) is 30.6 Å². The topological polar surface area (TPSA) is 0 Å². The number of halogens is 2. The molecule has 0 aromatic rings. The zero-order valence-corrected chi connectivity index (χ0v) is 12.2. The summed E-state index contributed by atoms with van der Waals surface area (Å²) in [5.41, 5.74) is 0. The molecule has 0 amide bonds. The SMILES string of the molecule is CCC[Si]1(Br)CC[Si](Br)CC1. The monoisotopic (exact) mass is 313 g/mol. The third-order valence-corrected chi connectivity index (χ3v) is 14.6. The van der Waals surface area contributed by atoms with Gasteiger partial charge in [-0.3, -0.25) is 0 Å². The molecule has 0 aromatic heterocycles. The third kappa shape index (κ3) is 3.32. The van der Waals surface area contributed by atoms with Crippen molar-refractivity contribution in [3.05, 3.63) is 0 Å². The summed E-state index contributed by atoms with van der Waals surface area (Å²) in [6.45, 7) is 1.44.